The molecule has 0 aliphatic heterocycles. The minimum absolute atomic E-state index is 0.0981. The molecule has 1 unspecified atom stereocenters. The van der Waals surface area contributed by atoms with Crippen molar-refractivity contribution in [1.29, 1.82) is 0 Å². The van der Waals surface area contributed by atoms with Crippen LogP contribution in [0.2, 0.25) is 5.02 Å². The molecule has 0 radical (unpaired) electrons. The van der Waals surface area contributed by atoms with Crippen LogP contribution in [-0.2, 0) is 6.42 Å². The van der Waals surface area contributed by atoms with Crippen molar-refractivity contribution in [3.05, 3.63) is 64.2 Å². The molecule has 0 aliphatic carbocycles. The van der Waals surface area contributed by atoms with Gasteiger partial charge in [-0.25, -0.2) is 4.39 Å². The average molecular weight is 293 g/mol. The Morgan fingerprint density at radius 1 is 1.30 bits per heavy atom. The maximum absolute atomic E-state index is 13.4. The number of aromatic nitrogens is 1. The lowest BCUT2D eigenvalue weighted by Crippen LogP contribution is -2.23. The first-order valence-electron chi connectivity index (χ1n) is 6.70. The molecule has 1 heterocycles. The maximum atomic E-state index is 13.4. The number of hydrogen-bond donors (Lipinski definition) is 1. The molecule has 0 amide bonds. The zero-order valence-electron chi connectivity index (χ0n) is 11.7. The molecule has 0 saturated carbocycles. The van der Waals surface area contributed by atoms with Crippen LogP contribution in [0.5, 0.6) is 0 Å². The van der Waals surface area contributed by atoms with Gasteiger partial charge in [0.1, 0.15) is 5.82 Å². The van der Waals surface area contributed by atoms with Gasteiger partial charge in [-0.05, 0) is 61.3 Å². The number of hydrogen-bond acceptors (Lipinski definition) is 2. The van der Waals surface area contributed by atoms with Gasteiger partial charge in [0.2, 0.25) is 0 Å². The predicted octanol–water partition coefficient (Wildman–Crippen LogP) is 4.08. The molecule has 0 fully saturated rings. The molecular weight excluding hydrogens is 275 g/mol. The summed E-state index contributed by atoms with van der Waals surface area (Å²) in [5.74, 6) is -0.259. The van der Waals surface area contributed by atoms with Gasteiger partial charge in [0.15, 0.2) is 0 Å². The summed E-state index contributed by atoms with van der Waals surface area (Å²) in [5.41, 5.74) is 2.92. The number of aryl methyl sites for hydroxylation is 1. The highest BCUT2D eigenvalue weighted by Gasteiger charge is 2.14. The normalized spacial score (nSPS) is 12.4. The zero-order valence-corrected chi connectivity index (χ0v) is 12.4. The van der Waals surface area contributed by atoms with Crippen LogP contribution in [0.4, 0.5) is 4.39 Å². The smallest absolute Gasteiger partial charge is 0.123 e. The largest absolute Gasteiger partial charge is 0.310 e. The topological polar surface area (TPSA) is 24.9 Å². The molecule has 0 bridgehead atoms. The van der Waals surface area contributed by atoms with E-state index in [1.165, 1.54) is 12.1 Å². The summed E-state index contributed by atoms with van der Waals surface area (Å²) in [6, 6.07) is 8.60. The fraction of sp³-hybridized carbons (Fsp3) is 0.312. The first-order chi connectivity index (χ1) is 9.60. The zero-order chi connectivity index (χ0) is 14.5. The van der Waals surface area contributed by atoms with Gasteiger partial charge in [-0.1, -0.05) is 18.5 Å². The second-order valence-corrected chi connectivity index (χ2v) is 5.19. The van der Waals surface area contributed by atoms with E-state index in [1.807, 2.05) is 26.0 Å². The third kappa shape index (κ3) is 3.78. The molecule has 2 nitrogen and oxygen atoms in total. The molecule has 0 spiro atoms. The quantitative estimate of drug-likeness (QED) is 0.898. The third-order valence-electron chi connectivity index (χ3n) is 3.21. The van der Waals surface area contributed by atoms with Gasteiger partial charge < -0.3 is 5.32 Å². The van der Waals surface area contributed by atoms with Crippen LogP contribution in [0, 0.1) is 12.7 Å². The number of pyridine rings is 1. The van der Waals surface area contributed by atoms with E-state index in [0.29, 0.717) is 11.4 Å². The van der Waals surface area contributed by atoms with Crippen LogP contribution in [0.15, 0.2) is 36.5 Å². The SMILES string of the molecule is CCNC(Cc1cc(F)ccc1Cl)c1ccnc(C)c1. The van der Waals surface area contributed by atoms with Gasteiger partial charge in [0.25, 0.3) is 0 Å². The number of nitrogens with zero attached hydrogens (tertiary/aromatic N) is 1. The van der Waals surface area contributed by atoms with E-state index in [9.17, 15) is 4.39 Å². The van der Waals surface area contributed by atoms with Crippen LogP contribution in [0.3, 0.4) is 0 Å². The highest BCUT2D eigenvalue weighted by atomic mass is 35.5. The van der Waals surface area contributed by atoms with Gasteiger partial charge in [0, 0.05) is 23.0 Å². The lowest BCUT2D eigenvalue weighted by Gasteiger charge is -2.19. The van der Waals surface area contributed by atoms with Crippen molar-refractivity contribution in [3.63, 3.8) is 0 Å². The Kier molecular flexibility index (Phi) is 5.10. The predicted molar refractivity (Wildman–Crippen MR) is 80.5 cm³/mol. The van der Waals surface area contributed by atoms with Gasteiger partial charge in [-0.15, -0.1) is 0 Å². The number of rotatable bonds is 5. The van der Waals surface area contributed by atoms with Gasteiger partial charge in [0.05, 0.1) is 0 Å². The molecule has 20 heavy (non-hydrogen) atoms. The summed E-state index contributed by atoms with van der Waals surface area (Å²) in [6.07, 6.45) is 2.44. The Bertz CT molecular complexity index is 586. The van der Waals surface area contributed by atoms with Crippen LogP contribution >= 0.6 is 11.6 Å². The molecule has 1 N–H and O–H groups in total. The van der Waals surface area contributed by atoms with Crippen molar-refractivity contribution in [2.75, 3.05) is 6.54 Å². The molecule has 0 saturated heterocycles. The molecule has 4 heteroatoms. The fourth-order valence-electron chi connectivity index (χ4n) is 2.26. The molecule has 2 rings (SSSR count). The Morgan fingerprint density at radius 2 is 2.10 bits per heavy atom. The summed E-state index contributed by atoms with van der Waals surface area (Å²) in [4.78, 5) is 4.21. The van der Waals surface area contributed by atoms with Crippen molar-refractivity contribution >= 4 is 11.6 Å². The summed E-state index contributed by atoms with van der Waals surface area (Å²) >= 11 is 6.15. The minimum Gasteiger partial charge on any atom is -0.310 e. The number of halogens is 2. The van der Waals surface area contributed by atoms with E-state index in [-0.39, 0.29) is 11.9 Å². The minimum atomic E-state index is -0.259. The standard InChI is InChI=1S/C16H18ClFN2/c1-3-19-16(12-6-7-20-11(2)8-12)10-13-9-14(18)4-5-15(13)17/h4-9,16,19H,3,10H2,1-2H3. The van der Waals surface area contributed by atoms with Gasteiger partial charge >= 0.3 is 0 Å². The molecule has 106 valence electrons. The first kappa shape index (κ1) is 14.9. The Balaban J connectivity index is 2.27. The highest BCUT2D eigenvalue weighted by molar-refractivity contribution is 6.31. The molecule has 2 aromatic rings. The van der Waals surface area contributed by atoms with E-state index in [4.69, 9.17) is 11.6 Å². The Morgan fingerprint density at radius 3 is 2.80 bits per heavy atom. The number of nitrogens with one attached hydrogen (secondary N) is 1. The number of benzene rings is 1. The molecule has 0 aliphatic rings. The molecule has 1 aromatic heterocycles. The van der Waals surface area contributed by atoms with Crippen molar-refractivity contribution in [2.45, 2.75) is 26.3 Å². The molecule has 1 aromatic carbocycles. The van der Waals surface area contributed by atoms with Gasteiger partial charge in [-0.2, -0.15) is 0 Å². The lowest BCUT2D eigenvalue weighted by atomic mass is 9.99. The van der Waals surface area contributed by atoms with E-state index in [2.05, 4.69) is 10.3 Å². The molecular formula is C16H18ClFN2. The summed E-state index contributed by atoms with van der Waals surface area (Å²) < 4.78 is 13.4. The summed E-state index contributed by atoms with van der Waals surface area (Å²) in [7, 11) is 0. The van der Waals surface area contributed by atoms with Crippen molar-refractivity contribution < 1.29 is 4.39 Å². The van der Waals surface area contributed by atoms with E-state index >= 15 is 0 Å². The van der Waals surface area contributed by atoms with Crippen molar-refractivity contribution in [1.82, 2.24) is 10.3 Å². The van der Waals surface area contributed by atoms with E-state index in [0.717, 1.165) is 23.4 Å². The second kappa shape index (κ2) is 6.82. The monoisotopic (exact) mass is 292 g/mol. The second-order valence-electron chi connectivity index (χ2n) is 4.78. The fourth-order valence-corrected chi connectivity index (χ4v) is 2.45. The van der Waals surface area contributed by atoms with Crippen molar-refractivity contribution in [3.8, 4) is 0 Å². The van der Waals surface area contributed by atoms with Crippen LogP contribution < -0.4 is 5.32 Å². The summed E-state index contributed by atoms with van der Waals surface area (Å²) in [6.45, 7) is 4.84. The van der Waals surface area contributed by atoms with Crippen LogP contribution in [-0.4, -0.2) is 11.5 Å². The Hall–Kier alpha value is -1.45. The lowest BCUT2D eigenvalue weighted by molar-refractivity contribution is 0.546. The van der Waals surface area contributed by atoms with E-state index < -0.39 is 0 Å². The molecule has 1 atom stereocenters. The summed E-state index contributed by atoms with van der Waals surface area (Å²) in [5, 5.41) is 4.01. The van der Waals surface area contributed by atoms with E-state index in [1.54, 1.807) is 12.3 Å². The Labute approximate surface area is 124 Å². The van der Waals surface area contributed by atoms with Gasteiger partial charge in [-0.3, -0.25) is 4.98 Å². The van der Waals surface area contributed by atoms with Crippen LogP contribution in [0.25, 0.3) is 0 Å². The highest BCUT2D eigenvalue weighted by Crippen LogP contribution is 2.24. The van der Waals surface area contributed by atoms with Crippen LogP contribution in [0.1, 0.15) is 29.8 Å². The number of likely N-dealkylation sites (N-methyl/N-ethyl adjacent to an activating group) is 1. The average Bonchev–Trinajstić information content (AvgIpc) is 2.42. The first-order valence-corrected chi connectivity index (χ1v) is 7.07. The third-order valence-corrected chi connectivity index (χ3v) is 3.57. The van der Waals surface area contributed by atoms with Crippen molar-refractivity contribution in [2.24, 2.45) is 0 Å². The maximum Gasteiger partial charge on any atom is 0.123 e.